The van der Waals surface area contributed by atoms with Gasteiger partial charge in [0.15, 0.2) is 0 Å². The van der Waals surface area contributed by atoms with Gasteiger partial charge in [0.2, 0.25) is 0 Å². The number of hydrogen-bond donors (Lipinski definition) is 2. The molecule has 0 unspecified atom stereocenters. The number of alkyl halides is 3. The van der Waals surface area contributed by atoms with Crippen LogP contribution in [0.1, 0.15) is 28.4 Å². The van der Waals surface area contributed by atoms with Crippen molar-refractivity contribution in [1.29, 1.82) is 0 Å². The second-order valence-electron chi connectivity index (χ2n) is 7.83. The first-order valence-corrected chi connectivity index (χ1v) is 10.1. The Kier molecular flexibility index (Phi) is 5.88. The number of benzene rings is 1. The molecular weight excluding hydrogens is 423 g/mol. The molecule has 1 atom stereocenters. The van der Waals surface area contributed by atoms with Crippen LogP contribution >= 0.6 is 0 Å². The van der Waals surface area contributed by atoms with Crippen LogP contribution in [0.5, 0.6) is 0 Å². The maximum Gasteiger partial charge on any atom is 0.417 e. The summed E-state index contributed by atoms with van der Waals surface area (Å²) in [5, 5.41) is 16.2. The highest BCUT2D eigenvalue weighted by Gasteiger charge is 2.31. The Labute approximate surface area is 182 Å². The molecule has 0 radical (unpaired) electrons. The second-order valence-corrected chi connectivity index (χ2v) is 7.83. The quantitative estimate of drug-likeness (QED) is 0.620. The Hall–Kier alpha value is -3.40. The molecule has 3 heterocycles. The van der Waals surface area contributed by atoms with Crippen molar-refractivity contribution < 1.29 is 23.1 Å². The van der Waals surface area contributed by atoms with Gasteiger partial charge in [0.1, 0.15) is 5.82 Å². The zero-order valence-electron chi connectivity index (χ0n) is 17.3. The highest BCUT2D eigenvalue weighted by molar-refractivity contribution is 5.88. The van der Waals surface area contributed by atoms with Gasteiger partial charge in [0.25, 0.3) is 0 Å². The lowest BCUT2D eigenvalue weighted by Crippen LogP contribution is -2.51. The van der Waals surface area contributed by atoms with Crippen LogP contribution < -0.4 is 4.90 Å². The molecule has 10 heteroatoms. The highest BCUT2D eigenvalue weighted by Crippen LogP contribution is 2.30. The van der Waals surface area contributed by atoms with E-state index in [4.69, 9.17) is 5.11 Å². The van der Waals surface area contributed by atoms with Crippen molar-refractivity contribution in [2.24, 2.45) is 0 Å². The number of hydrogen-bond acceptors (Lipinski definition) is 5. The summed E-state index contributed by atoms with van der Waals surface area (Å²) in [4.78, 5) is 19.4. The number of aromatic carboxylic acids is 1. The number of piperazine rings is 1. The number of carboxylic acid groups (broad SMARTS) is 1. The minimum absolute atomic E-state index is 0.0678. The number of aromatic nitrogens is 3. The first kappa shape index (κ1) is 21.8. The largest absolute Gasteiger partial charge is 0.478 e. The molecule has 1 aliphatic heterocycles. The van der Waals surface area contributed by atoms with E-state index in [0.29, 0.717) is 25.5 Å². The lowest BCUT2D eigenvalue weighted by molar-refractivity contribution is -0.137. The predicted molar refractivity (Wildman–Crippen MR) is 112 cm³/mol. The number of carbonyl (C=O) groups is 1. The summed E-state index contributed by atoms with van der Waals surface area (Å²) in [5.74, 6) is -0.441. The summed E-state index contributed by atoms with van der Waals surface area (Å²) in [7, 11) is 0. The lowest BCUT2D eigenvalue weighted by atomic mass is 10.0. The van der Waals surface area contributed by atoms with Crippen LogP contribution in [0.15, 0.2) is 48.8 Å². The van der Waals surface area contributed by atoms with Gasteiger partial charge in [0, 0.05) is 44.0 Å². The molecule has 7 nitrogen and oxygen atoms in total. The van der Waals surface area contributed by atoms with Gasteiger partial charge in [-0.05, 0) is 36.8 Å². The van der Waals surface area contributed by atoms with Crippen molar-refractivity contribution in [3.63, 3.8) is 0 Å². The van der Waals surface area contributed by atoms with Gasteiger partial charge in [0.05, 0.1) is 23.0 Å². The molecule has 0 saturated carbocycles. The third-order valence-corrected chi connectivity index (χ3v) is 5.61. The second kappa shape index (κ2) is 8.62. The van der Waals surface area contributed by atoms with Crippen molar-refractivity contribution in [3.8, 4) is 11.3 Å². The third-order valence-electron chi connectivity index (χ3n) is 5.61. The number of nitrogens with zero attached hydrogens (tertiary/aromatic N) is 4. The molecule has 2 N–H and O–H groups in total. The molecule has 1 fully saturated rings. The molecule has 0 spiro atoms. The standard InChI is InChI=1S/C22H22F3N5O2/c1-14-12-29(8-9-30(14)19-7-6-18(11-26-19)22(23,24)25)13-17-10-27-28-20(17)15-2-4-16(5-3-15)21(31)32/h2-7,10-11,14H,8-9,12-13H2,1H3,(H,27,28)(H,31,32)/t14-/m1/s1. The van der Waals surface area contributed by atoms with Gasteiger partial charge in [-0.25, -0.2) is 9.78 Å². The maximum absolute atomic E-state index is 12.8. The molecule has 1 saturated heterocycles. The first-order valence-electron chi connectivity index (χ1n) is 10.1. The Balaban J connectivity index is 1.42. The van der Waals surface area contributed by atoms with Crippen LogP contribution in [0.4, 0.5) is 19.0 Å². The van der Waals surface area contributed by atoms with Crippen molar-refractivity contribution in [2.45, 2.75) is 25.7 Å². The predicted octanol–water partition coefficient (Wildman–Crippen LogP) is 3.90. The van der Waals surface area contributed by atoms with E-state index >= 15 is 0 Å². The molecule has 0 aliphatic carbocycles. The molecule has 32 heavy (non-hydrogen) atoms. The fraction of sp³-hybridized carbons (Fsp3) is 0.318. The number of carboxylic acids is 1. The SMILES string of the molecule is C[C@@H]1CN(Cc2cn[nH]c2-c2ccc(C(=O)O)cc2)CCN1c1ccc(C(F)(F)F)cn1. The van der Waals surface area contributed by atoms with E-state index in [1.807, 2.05) is 11.8 Å². The minimum atomic E-state index is -4.40. The van der Waals surface area contributed by atoms with Crippen LogP contribution in [0.3, 0.4) is 0 Å². The first-order chi connectivity index (χ1) is 15.2. The number of H-pyrrole nitrogens is 1. The highest BCUT2D eigenvalue weighted by atomic mass is 19.4. The molecule has 0 amide bonds. The molecule has 1 aliphatic rings. The maximum atomic E-state index is 12.8. The Bertz CT molecular complexity index is 1080. The van der Waals surface area contributed by atoms with Crippen LogP contribution in [-0.2, 0) is 12.7 Å². The van der Waals surface area contributed by atoms with Gasteiger partial charge in [-0.1, -0.05) is 12.1 Å². The Morgan fingerprint density at radius 2 is 1.91 bits per heavy atom. The van der Waals surface area contributed by atoms with E-state index in [0.717, 1.165) is 35.6 Å². The number of pyridine rings is 1. The number of halogens is 3. The zero-order chi connectivity index (χ0) is 22.9. The average Bonchev–Trinajstić information content (AvgIpc) is 3.21. The molecular formula is C22H22F3N5O2. The lowest BCUT2D eigenvalue weighted by Gasteiger charge is -2.40. The van der Waals surface area contributed by atoms with E-state index < -0.39 is 17.7 Å². The molecule has 168 valence electrons. The summed E-state index contributed by atoms with van der Waals surface area (Å²) in [6.45, 7) is 4.73. The fourth-order valence-electron chi connectivity index (χ4n) is 3.94. The summed E-state index contributed by atoms with van der Waals surface area (Å²) < 4.78 is 38.4. The van der Waals surface area contributed by atoms with Crippen molar-refractivity contribution in [3.05, 3.63) is 65.5 Å². The van der Waals surface area contributed by atoms with Gasteiger partial charge < -0.3 is 10.0 Å². The van der Waals surface area contributed by atoms with Crippen LogP contribution in [-0.4, -0.2) is 56.8 Å². The van der Waals surface area contributed by atoms with Crippen LogP contribution in [0, 0.1) is 0 Å². The summed E-state index contributed by atoms with van der Waals surface area (Å²) >= 11 is 0. The fourth-order valence-corrected chi connectivity index (χ4v) is 3.94. The van der Waals surface area contributed by atoms with Gasteiger partial charge in [-0.2, -0.15) is 18.3 Å². The van der Waals surface area contributed by atoms with Crippen LogP contribution in [0.2, 0.25) is 0 Å². The number of anilines is 1. The van der Waals surface area contributed by atoms with Gasteiger partial charge in [-0.3, -0.25) is 10.00 Å². The summed E-state index contributed by atoms with van der Waals surface area (Å²) in [6.07, 6.45) is -1.76. The topological polar surface area (TPSA) is 85.3 Å². The average molecular weight is 445 g/mol. The zero-order valence-corrected chi connectivity index (χ0v) is 17.3. The summed E-state index contributed by atoms with van der Waals surface area (Å²) in [5.41, 5.74) is 2.14. The van der Waals surface area contributed by atoms with Gasteiger partial charge in [-0.15, -0.1) is 0 Å². The minimum Gasteiger partial charge on any atom is -0.478 e. The van der Waals surface area contributed by atoms with Gasteiger partial charge >= 0.3 is 12.1 Å². The van der Waals surface area contributed by atoms with Crippen molar-refractivity contribution >= 4 is 11.8 Å². The van der Waals surface area contributed by atoms with E-state index in [9.17, 15) is 18.0 Å². The van der Waals surface area contributed by atoms with E-state index in [1.54, 1.807) is 30.5 Å². The normalized spacial score (nSPS) is 17.5. The monoisotopic (exact) mass is 445 g/mol. The number of aromatic amines is 1. The molecule has 3 aromatic rings. The molecule has 1 aromatic carbocycles. The smallest absolute Gasteiger partial charge is 0.417 e. The van der Waals surface area contributed by atoms with E-state index in [2.05, 4.69) is 20.1 Å². The van der Waals surface area contributed by atoms with E-state index in [-0.39, 0.29) is 11.6 Å². The number of rotatable bonds is 5. The van der Waals surface area contributed by atoms with Crippen molar-refractivity contribution in [1.82, 2.24) is 20.1 Å². The summed E-state index contributed by atoms with van der Waals surface area (Å²) in [6, 6.07) is 9.16. The van der Waals surface area contributed by atoms with E-state index in [1.165, 1.54) is 6.07 Å². The Morgan fingerprint density at radius 1 is 1.16 bits per heavy atom. The van der Waals surface area contributed by atoms with Crippen molar-refractivity contribution in [2.75, 3.05) is 24.5 Å². The molecule has 2 aromatic heterocycles. The third kappa shape index (κ3) is 4.59. The van der Waals surface area contributed by atoms with Crippen LogP contribution in [0.25, 0.3) is 11.3 Å². The number of nitrogens with one attached hydrogen (secondary N) is 1. The molecule has 4 rings (SSSR count). The molecule has 0 bridgehead atoms. The Morgan fingerprint density at radius 3 is 2.50 bits per heavy atom.